The molecule has 2 rings (SSSR count). The van der Waals surface area contributed by atoms with Gasteiger partial charge in [0, 0.05) is 13.6 Å². The fourth-order valence-electron chi connectivity index (χ4n) is 1.72. The molecule has 0 spiro atoms. The van der Waals surface area contributed by atoms with Crippen LogP contribution in [-0.4, -0.2) is 34.5 Å². The van der Waals surface area contributed by atoms with E-state index in [-0.39, 0.29) is 11.7 Å². The number of rotatable bonds is 2. The first-order valence-electron chi connectivity index (χ1n) is 4.67. The van der Waals surface area contributed by atoms with Crippen LogP contribution in [0.2, 0.25) is 0 Å². The summed E-state index contributed by atoms with van der Waals surface area (Å²) in [7, 11) is 1.69. The van der Waals surface area contributed by atoms with Gasteiger partial charge in [0.25, 0.3) is 0 Å². The number of hydrogen-bond donors (Lipinski definition) is 1. The van der Waals surface area contributed by atoms with Crippen molar-refractivity contribution in [1.29, 1.82) is 0 Å². The zero-order valence-electron chi connectivity index (χ0n) is 8.34. The zero-order chi connectivity index (χ0) is 10.8. The van der Waals surface area contributed by atoms with E-state index in [2.05, 4.69) is 10.4 Å². The molecule has 0 aliphatic carbocycles. The highest BCUT2D eigenvalue weighted by atomic mass is 16.6. The Hall–Kier alpha value is -1.47. The van der Waals surface area contributed by atoms with Gasteiger partial charge in [0.2, 0.25) is 0 Å². The summed E-state index contributed by atoms with van der Waals surface area (Å²) in [5.74, 6) is 0. The number of nitrogens with zero attached hydrogens (tertiary/aromatic N) is 3. The van der Waals surface area contributed by atoms with Crippen molar-refractivity contribution in [1.82, 2.24) is 15.1 Å². The van der Waals surface area contributed by atoms with E-state index in [0.29, 0.717) is 25.5 Å². The van der Waals surface area contributed by atoms with Crippen molar-refractivity contribution in [2.45, 2.75) is 6.04 Å². The molecule has 0 aromatic carbocycles. The molecule has 1 fully saturated rings. The van der Waals surface area contributed by atoms with Crippen molar-refractivity contribution >= 4 is 5.69 Å². The summed E-state index contributed by atoms with van der Waals surface area (Å²) in [6.07, 6.45) is 1.27. The van der Waals surface area contributed by atoms with Crippen LogP contribution in [0.4, 0.5) is 5.69 Å². The molecule has 1 aromatic rings. The Morgan fingerprint density at radius 2 is 2.60 bits per heavy atom. The van der Waals surface area contributed by atoms with E-state index in [1.807, 2.05) is 0 Å². The SMILES string of the molecule is Cn1ncc([N+](=O)[O-])c1C1COCCN1. The fourth-order valence-corrected chi connectivity index (χ4v) is 1.72. The van der Waals surface area contributed by atoms with Crippen LogP contribution in [0.15, 0.2) is 6.20 Å². The monoisotopic (exact) mass is 212 g/mol. The Labute approximate surface area is 86.2 Å². The molecule has 1 aromatic heterocycles. The minimum absolute atomic E-state index is 0.0421. The first kappa shape index (κ1) is 10.1. The van der Waals surface area contributed by atoms with Crippen LogP contribution in [0.5, 0.6) is 0 Å². The highest BCUT2D eigenvalue weighted by Crippen LogP contribution is 2.25. The van der Waals surface area contributed by atoms with Crippen LogP contribution < -0.4 is 5.32 Å². The quantitative estimate of drug-likeness (QED) is 0.550. The highest BCUT2D eigenvalue weighted by Gasteiger charge is 2.28. The Bertz CT molecular complexity index is 370. The van der Waals surface area contributed by atoms with Crippen LogP contribution in [0, 0.1) is 10.1 Å². The zero-order valence-corrected chi connectivity index (χ0v) is 8.34. The molecule has 15 heavy (non-hydrogen) atoms. The molecule has 0 amide bonds. The van der Waals surface area contributed by atoms with Gasteiger partial charge in [-0.3, -0.25) is 14.8 Å². The molecule has 1 unspecified atom stereocenters. The molecule has 1 atom stereocenters. The number of nitro groups is 1. The van der Waals surface area contributed by atoms with Crippen molar-refractivity contribution in [2.24, 2.45) is 7.05 Å². The second-order valence-corrected chi connectivity index (χ2v) is 3.38. The summed E-state index contributed by atoms with van der Waals surface area (Å²) >= 11 is 0. The van der Waals surface area contributed by atoms with Gasteiger partial charge < -0.3 is 10.1 Å². The third-order valence-corrected chi connectivity index (χ3v) is 2.41. The van der Waals surface area contributed by atoms with Crippen LogP contribution in [-0.2, 0) is 11.8 Å². The average Bonchev–Trinajstić information content (AvgIpc) is 2.61. The maximum atomic E-state index is 10.8. The van der Waals surface area contributed by atoms with Gasteiger partial charge in [0.05, 0.1) is 24.2 Å². The molecule has 82 valence electrons. The second-order valence-electron chi connectivity index (χ2n) is 3.38. The Morgan fingerprint density at radius 1 is 1.80 bits per heavy atom. The molecule has 0 bridgehead atoms. The molecule has 1 saturated heterocycles. The standard InChI is InChI=1S/C8H12N4O3/c1-11-8(6-5-15-3-2-9-6)7(4-10-11)12(13)14/h4,6,9H,2-3,5H2,1H3. The second kappa shape index (κ2) is 3.95. The third-order valence-electron chi connectivity index (χ3n) is 2.41. The van der Waals surface area contributed by atoms with Crippen LogP contribution in [0.1, 0.15) is 11.7 Å². The van der Waals surface area contributed by atoms with E-state index in [0.717, 1.165) is 0 Å². The van der Waals surface area contributed by atoms with E-state index >= 15 is 0 Å². The van der Waals surface area contributed by atoms with Gasteiger partial charge in [-0.05, 0) is 0 Å². The molecule has 1 N–H and O–H groups in total. The topological polar surface area (TPSA) is 82.2 Å². The van der Waals surface area contributed by atoms with Crippen molar-refractivity contribution in [2.75, 3.05) is 19.8 Å². The smallest absolute Gasteiger partial charge is 0.311 e. The van der Waals surface area contributed by atoms with Gasteiger partial charge in [-0.15, -0.1) is 0 Å². The van der Waals surface area contributed by atoms with Crippen LogP contribution in [0.3, 0.4) is 0 Å². The Kier molecular flexibility index (Phi) is 2.65. The summed E-state index contributed by atoms with van der Waals surface area (Å²) in [4.78, 5) is 10.3. The molecule has 2 heterocycles. The maximum absolute atomic E-state index is 10.8. The first-order valence-corrected chi connectivity index (χ1v) is 4.67. The van der Waals surface area contributed by atoms with E-state index in [1.165, 1.54) is 10.9 Å². The number of hydrogen-bond acceptors (Lipinski definition) is 5. The summed E-state index contributed by atoms with van der Waals surface area (Å²) < 4.78 is 6.79. The lowest BCUT2D eigenvalue weighted by molar-refractivity contribution is -0.386. The fraction of sp³-hybridized carbons (Fsp3) is 0.625. The molecule has 7 heteroatoms. The molecule has 0 radical (unpaired) electrons. The summed E-state index contributed by atoms with van der Waals surface area (Å²) in [5.41, 5.74) is 0.611. The minimum atomic E-state index is -0.418. The predicted molar refractivity (Wildman–Crippen MR) is 51.4 cm³/mol. The van der Waals surface area contributed by atoms with E-state index in [9.17, 15) is 10.1 Å². The lowest BCUT2D eigenvalue weighted by Gasteiger charge is -2.23. The summed E-state index contributed by atoms with van der Waals surface area (Å²) in [5, 5.41) is 17.8. The lowest BCUT2D eigenvalue weighted by Crippen LogP contribution is -2.36. The molecule has 7 nitrogen and oxygen atoms in total. The summed E-state index contributed by atoms with van der Waals surface area (Å²) in [6, 6.07) is -0.147. The van der Waals surface area contributed by atoms with Crippen molar-refractivity contribution < 1.29 is 9.66 Å². The van der Waals surface area contributed by atoms with E-state index < -0.39 is 4.92 Å². The normalized spacial score (nSPS) is 21.5. The van der Waals surface area contributed by atoms with Crippen molar-refractivity contribution in [3.63, 3.8) is 0 Å². The van der Waals surface area contributed by atoms with Gasteiger partial charge in [0.15, 0.2) is 0 Å². The largest absolute Gasteiger partial charge is 0.378 e. The maximum Gasteiger partial charge on any atom is 0.311 e. The van der Waals surface area contributed by atoms with Gasteiger partial charge in [0.1, 0.15) is 11.9 Å². The number of aromatic nitrogens is 2. The lowest BCUT2D eigenvalue weighted by atomic mass is 10.2. The number of nitrogens with one attached hydrogen (secondary N) is 1. The third kappa shape index (κ3) is 1.83. The molecule has 1 aliphatic heterocycles. The molecule has 1 aliphatic rings. The van der Waals surface area contributed by atoms with E-state index in [1.54, 1.807) is 7.05 Å². The molecular weight excluding hydrogens is 200 g/mol. The minimum Gasteiger partial charge on any atom is -0.378 e. The molecule has 0 saturated carbocycles. The first-order chi connectivity index (χ1) is 7.20. The average molecular weight is 212 g/mol. The van der Waals surface area contributed by atoms with Crippen molar-refractivity contribution in [3.8, 4) is 0 Å². The number of aryl methyl sites for hydroxylation is 1. The predicted octanol–water partition coefficient (Wildman–Crippen LogP) is -0.0108. The van der Waals surface area contributed by atoms with Gasteiger partial charge in [-0.2, -0.15) is 5.10 Å². The Morgan fingerprint density at radius 3 is 3.20 bits per heavy atom. The number of ether oxygens (including phenoxy) is 1. The van der Waals surface area contributed by atoms with Gasteiger partial charge in [-0.25, -0.2) is 0 Å². The van der Waals surface area contributed by atoms with Crippen LogP contribution >= 0.6 is 0 Å². The summed E-state index contributed by atoms with van der Waals surface area (Å²) in [6.45, 7) is 1.79. The van der Waals surface area contributed by atoms with Gasteiger partial charge in [-0.1, -0.05) is 0 Å². The number of morpholine rings is 1. The highest BCUT2D eigenvalue weighted by molar-refractivity contribution is 5.35. The van der Waals surface area contributed by atoms with E-state index in [4.69, 9.17) is 4.74 Å². The molecular formula is C8H12N4O3. The van der Waals surface area contributed by atoms with Crippen molar-refractivity contribution in [3.05, 3.63) is 22.0 Å². The Balaban J connectivity index is 2.32. The van der Waals surface area contributed by atoms with Crippen LogP contribution in [0.25, 0.3) is 0 Å². The van der Waals surface area contributed by atoms with Gasteiger partial charge >= 0.3 is 5.69 Å².